The highest BCUT2D eigenvalue weighted by Crippen LogP contribution is 2.28. The van der Waals surface area contributed by atoms with Gasteiger partial charge in [-0.3, -0.25) is 0 Å². The lowest BCUT2D eigenvalue weighted by Gasteiger charge is -2.18. The molecule has 1 aromatic heterocycles. The minimum absolute atomic E-state index is 0.0622. The number of hydrogen-bond acceptors (Lipinski definition) is 6. The summed E-state index contributed by atoms with van der Waals surface area (Å²) in [5, 5.41) is 0. The van der Waals surface area contributed by atoms with Gasteiger partial charge in [-0.25, -0.2) is 19.2 Å². The van der Waals surface area contributed by atoms with E-state index in [2.05, 4.69) is 10.4 Å². The van der Waals surface area contributed by atoms with Crippen molar-refractivity contribution in [3.8, 4) is 0 Å². The van der Waals surface area contributed by atoms with Crippen molar-refractivity contribution in [1.29, 1.82) is 0 Å². The highest BCUT2D eigenvalue weighted by Gasteiger charge is 2.25. The van der Waals surface area contributed by atoms with Gasteiger partial charge in [0.25, 0.3) is 0 Å². The van der Waals surface area contributed by atoms with Crippen LogP contribution in [0.15, 0.2) is 23.2 Å². The van der Waals surface area contributed by atoms with Gasteiger partial charge in [-0.15, -0.1) is 0 Å². The number of hydrazine groups is 1. The van der Waals surface area contributed by atoms with Gasteiger partial charge in [0.05, 0.1) is 6.61 Å². The summed E-state index contributed by atoms with van der Waals surface area (Å²) in [4.78, 5) is 3.96. The fraction of sp³-hybridized carbons (Fsp3) is 0.583. The van der Waals surface area contributed by atoms with Crippen LogP contribution >= 0.6 is 0 Å². The van der Waals surface area contributed by atoms with Crippen molar-refractivity contribution in [3.05, 3.63) is 18.3 Å². The number of hydrogen-bond donors (Lipinski definition) is 2. The lowest BCUT2D eigenvalue weighted by Crippen LogP contribution is -2.31. The van der Waals surface area contributed by atoms with Crippen LogP contribution in [0.25, 0.3) is 0 Å². The third kappa shape index (κ3) is 3.66. The van der Waals surface area contributed by atoms with Gasteiger partial charge in [-0.1, -0.05) is 0 Å². The van der Waals surface area contributed by atoms with Gasteiger partial charge in [-0.05, 0) is 30.9 Å². The molecule has 1 aliphatic carbocycles. The van der Waals surface area contributed by atoms with Gasteiger partial charge < -0.3 is 10.2 Å². The van der Waals surface area contributed by atoms with Gasteiger partial charge in [0.2, 0.25) is 10.0 Å². The molecule has 0 spiro atoms. The van der Waals surface area contributed by atoms with Crippen LogP contribution in [0, 0.1) is 5.92 Å². The summed E-state index contributed by atoms with van der Waals surface area (Å²) in [7, 11) is -2.10. The molecule has 0 saturated heterocycles. The molecule has 3 N–H and O–H groups in total. The molecule has 2 rings (SSSR count). The van der Waals surface area contributed by atoms with E-state index < -0.39 is 10.0 Å². The maximum atomic E-state index is 12.4. The van der Waals surface area contributed by atoms with E-state index in [0.29, 0.717) is 19.1 Å². The summed E-state index contributed by atoms with van der Waals surface area (Å²) in [6.07, 6.45) is 3.91. The summed E-state index contributed by atoms with van der Waals surface area (Å²) in [5.41, 5.74) is 2.30. The number of rotatable bonds is 8. The average molecular weight is 300 g/mol. The number of nitrogen functional groups attached to an aromatic ring is 1. The Morgan fingerprint density at radius 2 is 2.30 bits per heavy atom. The van der Waals surface area contributed by atoms with E-state index >= 15 is 0 Å². The third-order valence-corrected chi connectivity index (χ3v) is 5.09. The van der Waals surface area contributed by atoms with Crippen LogP contribution in [0.3, 0.4) is 0 Å². The molecule has 1 saturated carbocycles. The van der Waals surface area contributed by atoms with Crippen molar-refractivity contribution in [3.63, 3.8) is 0 Å². The molecule has 1 heterocycles. The summed E-state index contributed by atoms with van der Waals surface area (Å²) in [5.74, 6) is 6.10. The molecule has 112 valence electrons. The minimum atomic E-state index is -3.62. The zero-order chi connectivity index (χ0) is 14.6. The fourth-order valence-corrected chi connectivity index (χ4v) is 2.98. The minimum Gasteiger partial charge on any atom is -0.380 e. The van der Waals surface area contributed by atoms with E-state index in [1.54, 1.807) is 6.07 Å². The molecule has 0 atom stereocenters. The first-order chi connectivity index (χ1) is 9.55. The summed E-state index contributed by atoms with van der Waals surface area (Å²) in [6, 6.07) is 3.03. The van der Waals surface area contributed by atoms with Gasteiger partial charge in [0.1, 0.15) is 4.90 Å². The van der Waals surface area contributed by atoms with E-state index in [4.69, 9.17) is 10.6 Å². The Bertz CT molecular complexity index is 545. The first kappa shape index (κ1) is 15.2. The largest absolute Gasteiger partial charge is 0.380 e. The van der Waals surface area contributed by atoms with Crippen molar-refractivity contribution in [2.75, 3.05) is 32.2 Å². The molecule has 0 radical (unpaired) electrons. The first-order valence-electron chi connectivity index (χ1n) is 6.51. The Balaban J connectivity index is 1.96. The zero-order valence-electron chi connectivity index (χ0n) is 11.4. The summed E-state index contributed by atoms with van der Waals surface area (Å²) in [6.45, 7) is 1.40. The van der Waals surface area contributed by atoms with Crippen molar-refractivity contribution in [1.82, 2.24) is 9.29 Å². The van der Waals surface area contributed by atoms with Crippen LogP contribution < -0.4 is 11.3 Å². The summed E-state index contributed by atoms with van der Waals surface area (Å²) >= 11 is 0. The van der Waals surface area contributed by atoms with Crippen LogP contribution in [0.1, 0.15) is 12.8 Å². The number of nitrogens with two attached hydrogens (primary N) is 1. The van der Waals surface area contributed by atoms with E-state index in [0.717, 1.165) is 6.61 Å². The Morgan fingerprint density at radius 1 is 1.55 bits per heavy atom. The van der Waals surface area contributed by atoms with E-state index in [1.165, 1.54) is 36.5 Å². The number of anilines is 1. The lowest BCUT2D eigenvalue weighted by atomic mass is 10.5. The molecule has 1 aliphatic rings. The summed E-state index contributed by atoms with van der Waals surface area (Å²) < 4.78 is 31.5. The quantitative estimate of drug-likeness (QED) is 0.410. The first-order valence-corrected chi connectivity index (χ1v) is 7.95. The zero-order valence-corrected chi connectivity index (χ0v) is 12.3. The molecule has 0 amide bonds. The number of pyridine rings is 1. The van der Waals surface area contributed by atoms with Gasteiger partial charge in [0.15, 0.2) is 5.82 Å². The second kappa shape index (κ2) is 6.49. The van der Waals surface area contributed by atoms with E-state index in [-0.39, 0.29) is 10.7 Å². The number of ether oxygens (including phenoxy) is 1. The topological polar surface area (TPSA) is 97.5 Å². The lowest BCUT2D eigenvalue weighted by molar-refractivity contribution is 0.117. The second-order valence-electron chi connectivity index (χ2n) is 4.84. The molecule has 20 heavy (non-hydrogen) atoms. The molecule has 1 aromatic rings. The average Bonchev–Trinajstić information content (AvgIpc) is 3.27. The Kier molecular flexibility index (Phi) is 4.92. The SMILES string of the molecule is CN(CCOCC1CC1)S(=O)(=O)c1cccnc1NN. The van der Waals surface area contributed by atoms with Crippen LogP contribution in [0.5, 0.6) is 0 Å². The van der Waals surface area contributed by atoms with Gasteiger partial charge in [-0.2, -0.15) is 4.31 Å². The Morgan fingerprint density at radius 3 is 2.95 bits per heavy atom. The van der Waals surface area contributed by atoms with Crippen molar-refractivity contribution in [2.24, 2.45) is 11.8 Å². The van der Waals surface area contributed by atoms with Crippen molar-refractivity contribution in [2.45, 2.75) is 17.7 Å². The fourth-order valence-electron chi connectivity index (χ4n) is 1.72. The predicted molar refractivity (Wildman–Crippen MR) is 75.4 cm³/mol. The van der Waals surface area contributed by atoms with Gasteiger partial charge in [0, 0.05) is 26.4 Å². The molecule has 7 nitrogen and oxygen atoms in total. The molecule has 0 unspecified atom stereocenters. The highest BCUT2D eigenvalue weighted by atomic mass is 32.2. The highest BCUT2D eigenvalue weighted by molar-refractivity contribution is 7.89. The third-order valence-electron chi connectivity index (χ3n) is 3.20. The number of likely N-dealkylation sites (N-methyl/N-ethyl adjacent to an activating group) is 1. The molecule has 0 aliphatic heterocycles. The van der Waals surface area contributed by atoms with Crippen LogP contribution in [0.2, 0.25) is 0 Å². The smallest absolute Gasteiger partial charge is 0.246 e. The molecule has 0 bridgehead atoms. The molecule has 8 heteroatoms. The van der Waals surface area contributed by atoms with Crippen LogP contribution in [-0.2, 0) is 14.8 Å². The second-order valence-corrected chi connectivity index (χ2v) is 6.85. The van der Waals surface area contributed by atoms with Gasteiger partial charge >= 0.3 is 0 Å². The van der Waals surface area contributed by atoms with E-state index in [1.807, 2.05) is 0 Å². The molecular formula is C12H20N4O3S. The van der Waals surface area contributed by atoms with E-state index in [9.17, 15) is 8.42 Å². The normalized spacial score (nSPS) is 15.6. The Hall–Kier alpha value is -1.22. The monoisotopic (exact) mass is 300 g/mol. The van der Waals surface area contributed by atoms with Crippen LogP contribution in [-0.4, -0.2) is 44.5 Å². The van der Waals surface area contributed by atoms with Crippen LogP contribution in [0.4, 0.5) is 5.82 Å². The number of nitrogens with one attached hydrogen (secondary N) is 1. The predicted octanol–water partition coefficient (Wildman–Crippen LogP) is 0.414. The molecule has 0 aromatic carbocycles. The number of sulfonamides is 1. The standard InChI is InChI=1S/C12H20N4O3S/c1-16(7-8-19-9-10-4-5-10)20(17,18)11-3-2-6-14-12(11)15-13/h2-3,6,10H,4-5,7-9,13H2,1H3,(H,14,15). The maximum absolute atomic E-state index is 12.4. The van der Waals surface area contributed by atoms with Crippen molar-refractivity contribution >= 4 is 15.8 Å². The van der Waals surface area contributed by atoms with Crippen molar-refractivity contribution < 1.29 is 13.2 Å². The molecular weight excluding hydrogens is 280 g/mol. The maximum Gasteiger partial charge on any atom is 0.246 e. The number of nitrogens with zero attached hydrogens (tertiary/aromatic N) is 2. The Labute approximate surface area is 119 Å². The number of aromatic nitrogens is 1. The molecule has 1 fully saturated rings.